The summed E-state index contributed by atoms with van der Waals surface area (Å²) < 4.78 is 5.79. The Hall–Kier alpha value is -2.32. The van der Waals surface area contributed by atoms with E-state index >= 15 is 0 Å². The van der Waals surface area contributed by atoms with Crippen molar-refractivity contribution in [2.45, 2.75) is 19.6 Å². The van der Waals surface area contributed by atoms with Crippen molar-refractivity contribution >= 4 is 47.9 Å². The van der Waals surface area contributed by atoms with Crippen molar-refractivity contribution in [3.8, 4) is 0 Å². The fraction of sp³-hybridized carbons (Fsp3) is 0.200. The zero-order chi connectivity index (χ0) is 16.3. The maximum atomic E-state index is 5.79. The van der Waals surface area contributed by atoms with Gasteiger partial charge in [-0.1, -0.05) is 31.0 Å². The second-order valence-corrected chi connectivity index (χ2v) is 12.0. The summed E-state index contributed by atoms with van der Waals surface area (Å²) in [6.45, 7) is 6.69. The fourth-order valence-electron chi connectivity index (χ4n) is 1.76. The number of nitrogens with zero attached hydrogens (tertiary/aromatic N) is 4. The highest BCUT2D eigenvalue weighted by Gasteiger charge is 2.21. The van der Waals surface area contributed by atoms with E-state index in [4.69, 9.17) is 4.42 Å². The summed E-state index contributed by atoms with van der Waals surface area (Å²) in [6.07, 6.45) is 10.6. The summed E-state index contributed by atoms with van der Waals surface area (Å²) >= 11 is 1.53. The lowest BCUT2D eigenvalue weighted by Crippen LogP contribution is -2.36. The average Bonchev–Trinajstić information content (AvgIpc) is 3.15. The normalized spacial score (nSPS) is 12.0. The van der Waals surface area contributed by atoms with Gasteiger partial charge in [0.25, 0.3) is 0 Å². The van der Waals surface area contributed by atoms with E-state index in [1.54, 1.807) is 18.5 Å². The summed E-state index contributed by atoms with van der Waals surface area (Å²) in [5.41, 5.74) is 0. The maximum Gasteiger partial charge on any atom is 0.218 e. The van der Waals surface area contributed by atoms with Crippen molar-refractivity contribution in [2.75, 3.05) is 5.32 Å². The van der Waals surface area contributed by atoms with Gasteiger partial charge in [-0.15, -0.1) is 0 Å². The number of hydrogen-bond acceptors (Lipinski definition) is 7. The molecule has 0 saturated heterocycles. The first kappa shape index (κ1) is 15.6. The Balaban J connectivity index is 1.68. The van der Waals surface area contributed by atoms with Crippen LogP contribution in [0.2, 0.25) is 19.6 Å². The van der Waals surface area contributed by atoms with E-state index in [9.17, 15) is 0 Å². The van der Waals surface area contributed by atoms with E-state index in [0.717, 1.165) is 21.2 Å². The van der Waals surface area contributed by atoms with Gasteiger partial charge in [-0.3, -0.25) is 0 Å². The molecule has 3 aromatic heterocycles. The minimum Gasteiger partial charge on any atom is -0.447 e. The van der Waals surface area contributed by atoms with Crippen molar-refractivity contribution in [1.29, 1.82) is 0 Å². The first-order valence-corrected chi connectivity index (χ1v) is 11.5. The van der Waals surface area contributed by atoms with Gasteiger partial charge in [0.1, 0.15) is 25.6 Å². The van der Waals surface area contributed by atoms with Crippen LogP contribution >= 0.6 is 11.3 Å². The van der Waals surface area contributed by atoms with Crippen LogP contribution in [0.3, 0.4) is 0 Å². The molecule has 0 aliphatic heterocycles. The van der Waals surface area contributed by atoms with Crippen LogP contribution in [0.15, 0.2) is 35.4 Å². The lowest BCUT2D eigenvalue weighted by Gasteiger charge is -2.09. The summed E-state index contributed by atoms with van der Waals surface area (Å²) in [7, 11) is -1.45. The van der Waals surface area contributed by atoms with Gasteiger partial charge in [0.2, 0.25) is 5.89 Å². The lowest BCUT2D eigenvalue weighted by atomic mass is 10.4. The molecule has 0 spiro atoms. The van der Waals surface area contributed by atoms with Gasteiger partial charge in [0.05, 0.1) is 6.20 Å². The highest BCUT2D eigenvalue weighted by atomic mass is 32.1. The van der Waals surface area contributed by atoms with E-state index in [2.05, 4.69) is 44.9 Å². The monoisotopic (exact) mass is 343 g/mol. The van der Waals surface area contributed by atoms with Crippen LogP contribution in [0.1, 0.15) is 10.8 Å². The van der Waals surface area contributed by atoms with Crippen LogP contribution in [-0.4, -0.2) is 28.0 Å². The van der Waals surface area contributed by atoms with Crippen LogP contribution in [0.4, 0.5) is 10.9 Å². The first-order chi connectivity index (χ1) is 11.0. The molecule has 3 rings (SSSR count). The van der Waals surface area contributed by atoms with Crippen LogP contribution in [0.5, 0.6) is 0 Å². The van der Waals surface area contributed by atoms with Gasteiger partial charge in [0, 0.05) is 23.3 Å². The minimum atomic E-state index is -1.45. The SMILES string of the molecule is C[Si](C)(C)c1cnc(/C=C/c2cnc(Nc3ccncn3)s2)o1. The van der Waals surface area contributed by atoms with Crippen molar-refractivity contribution in [1.82, 2.24) is 19.9 Å². The number of anilines is 2. The number of hydrogen-bond donors (Lipinski definition) is 1. The molecule has 1 N–H and O–H groups in total. The first-order valence-electron chi connectivity index (χ1n) is 7.14. The number of nitrogens with one attached hydrogen (secondary N) is 1. The molecule has 8 heteroatoms. The van der Waals surface area contributed by atoms with Gasteiger partial charge in [-0.05, 0) is 12.1 Å². The molecule has 23 heavy (non-hydrogen) atoms. The molecular formula is C15H17N5OSSi. The Labute approximate surface area is 139 Å². The quantitative estimate of drug-likeness (QED) is 0.716. The van der Waals surface area contributed by atoms with E-state index in [1.165, 1.54) is 17.7 Å². The van der Waals surface area contributed by atoms with Crippen LogP contribution in [0.25, 0.3) is 12.2 Å². The van der Waals surface area contributed by atoms with Crippen molar-refractivity contribution < 1.29 is 4.42 Å². The van der Waals surface area contributed by atoms with Gasteiger partial charge < -0.3 is 9.73 Å². The van der Waals surface area contributed by atoms with Crippen molar-refractivity contribution in [2.24, 2.45) is 0 Å². The molecule has 6 nitrogen and oxygen atoms in total. The molecule has 0 aliphatic rings. The molecule has 0 aromatic carbocycles. The molecule has 0 radical (unpaired) electrons. The summed E-state index contributed by atoms with van der Waals surface area (Å²) in [5, 5.41) is 4.92. The average molecular weight is 343 g/mol. The smallest absolute Gasteiger partial charge is 0.218 e. The molecule has 0 aliphatic carbocycles. The van der Waals surface area contributed by atoms with Gasteiger partial charge in [0.15, 0.2) is 5.13 Å². The highest BCUT2D eigenvalue weighted by Crippen LogP contribution is 2.22. The molecule has 3 aromatic rings. The number of rotatable bonds is 5. The standard InChI is InChI=1S/C15H17N5OSSi/c1-23(2,3)14-9-17-13(21-14)5-4-11-8-18-15(22-11)20-12-6-7-16-10-19-12/h4-10H,1-3H3,(H,16,18,19,20)/b5-4+. The van der Waals surface area contributed by atoms with Gasteiger partial charge >= 0.3 is 0 Å². The number of aromatic nitrogens is 4. The number of thiazole rings is 1. The molecule has 0 saturated carbocycles. The predicted molar refractivity (Wildman–Crippen MR) is 95.8 cm³/mol. The Kier molecular flexibility index (Phi) is 4.35. The topological polar surface area (TPSA) is 76.7 Å². The van der Waals surface area contributed by atoms with E-state index in [1.807, 2.05) is 18.3 Å². The number of oxazole rings is 1. The molecular weight excluding hydrogens is 326 g/mol. The molecule has 3 heterocycles. The Morgan fingerprint density at radius 1 is 1.13 bits per heavy atom. The minimum absolute atomic E-state index is 0.626. The molecule has 0 fully saturated rings. The summed E-state index contributed by atoms with van der Waals surface area (Å²) in [5.74, 6) is 1.35. The van der Waals surface area contributed by atoms with E-state index in [-0.39, 0.29) is 0 Å². The van der Waals surface area contributed by atoms with E-state index < -0.39 is 8.07 Å². The Morgan fingerprint density at radius 3 is 2.70 bits per heavy atom. The molecule has 118 valence electrons. The summed E-state index contributed by atoms with van der Waals surface area (Å²) in [6, 6.07) is 1.79. The largest absolute Gasteiger partial charge is 0.447 e. The predicted octanol–water partition coefficient (Wildman–Crippen LogP) is 3.38. The molecule has 0 unspecified atom stereocenters. The molecule has 0 bridgehead atoms. The molecule has 0 atom stereocenters. The third-order valence-electron chi connectivity index (χ3n) is 2.99. The Bertz CT molecular complexity index is 807. The van der Waals surface area contributed by atoms with Crippen LogP contribution < -0.4 is 10.7 Å². The lowest BCUT2D eigenvalue weighted by molar-refractivity contribution is 0.574. The van der Waals surface area contributed by atoms with Crippen molar-refractivity contribution in [3.05, 3.63) is 41.8 Å². The van der Waals surface area contributed by atoms with Crippen molar-refractivity contribution in [3.63, 3.8) is 0 Å². The summed E-state index contributed by atoms with van der Waals surface area (Å²) in [4.78, 5) is 17.6. The molecule has 0 amide bonds. The maximum absolute atomic E-state index is 5.79. The van der Waals surface area contributed by atoms with Crippen LogP contribution in [-0.2, 0) is 0 Å². The second kappa shape index (κ2) is 6.43. The van der Waals surface area contributed by atoms with E-state index in [0.29, 0.717) is 5.89 Å². The zero-order valence-electron chi connectivity index (χ0n) is 13.1. The Morgan fingerprint density at radius 2 is 2.00 bits per heavy atom. The third-order valence-corrected chi connectivity index (χ3v) is 5.58. The highest BCUT2D eigenvalue weighted by molar-refractivity contribution is 7.16. The fourth-order valence-corrected chi connectivity index (χ4v) is 3.35. The van der Waals surface area contributed by atoms with Gasteiger partial charge in [-0.2, -0.15) is 0 Å². The van der Waals surface area contributed by atoms with Gasteiger partial charge in [-0.25, -0.2) is 19.9 Å². The third kappa shape index (κ3) is 4.11. The van der Waals surface area contributed by atoms with Crippen LogP contribution in [0, 0.1) is 0 Å². The second-order valence-electron chi connectivity index (χ2n) is 5.93. The zero-order valence-corrected chi connectivity index (χ0v) is 15.0.